The van der Waals surface area contributed by atoms with Crippen LogP contribution in [0.3, 0.4) is 0 Å². The van der Waals surface area contributed by atoms with E-state index in [-0.39, 0.29) is 18.2 Å². The lowest BCUT2D eigenvalue weighted by Gasteiger charge is -2.07. The number of aryl methyl sites for hydroxylation is 1. The van der Waals surface area contributed by atoms with Crippen LogP contribution in [-0.2, 0) is 11.2 Å². The van der Waals surface area contributed by atoms with E-state index in [1.165, 1.54) is 6.92 Å². The molecule has 3 nitrogen and oxygen atoms in total. The summed E-state index contributed by atoms with van der Waals surface area (Å²) < 4.78 is 19.8. The van der Waals surface area contributed by atoms with E-state index >= 15 is 0 Å². The minimum atomic E-state index is -0.214. The minimum Gasteiger partial charge on any atom is -0.486 e. The molecule has 4 rings (SSSR count). The van der Waals surface area contributed by atoms with E-state index < -0.39 is 0 Å². The minimum absolute atomic E-state index is 0.0214. The predicted molar refractivity (Wildman–Crippen MR) is 120 cm³/mol. The van der Waals surface area contributed by atoms with Crippen LogP contribution in [0, 0.1) is 12.7 Å². The number of Topliss-reactive ketones (excluding diaryl/α,β-unsaturated/α-hetero) is 1. The van der Waals surface area contributed by atoms with Crippen LogP contribution in [-0.4, -0.2) is 18.1 Å². The lowest BCUT2D eigenvalue weighted by molar-refractivity contribution is -0.118. The summed E-state index contributed by atoms with van der Waals surface area (Å²) in [4.78, 5) is 15.9. The molecule has 1 aliphatic rings. The van der Waals surface area contributed by atoms with E-state index in [2.05, 4.69) is 0 Å². The van der Waals surface area contributed by atoms with Gasteiger partial charge in [0.1, 0.15) is 18.2 Å². The number of fused-ring (bicyclic) bond motifs is 1. The second-order valence-electron chi connectivity index (χ2n) is 7.08. The van der Waals surface area contributed by atoms with Gasteiger partial charge in [-0.05, 0) is 66.4 Å². The Morgan fingerprint density at radius 2 is 1.83 bits per heavy atom. The van der Waals surface area contributed by atoms with Crippen molar-refractivity contribution < 1.29 is 13.9 Å². The molecule has 30 heavy (non-hydrogen) atoms. The summed E-state index contributed by atoms with van der Waals surface area (Å²) in [6.07, 6.45) is 0.673. The molecule has 0 unspecified atom stereocenters. The number of carbonyl (C=O) groups is 1. The molecule has 0 spiro atoms. The summed E-state index contributed by atoms with van der Waals surface area (Å²) in [7, 11) is 0. The number of halogens is 1. The Morgan fingerprint density at radius 1 is 1.03 bits per heavy atom. The summed E-state index contributed by atoms with van der Waals surface area (Å²) >= 11 is 0. The van der Waals surface area contributed by atoms with Gasteiger partial charge in [-0.2, -0.15) is 0 Å². The molecule has 0 fully saturated rings. The Balaban J connectivity index is 0.00000124. The van der Waals surface area contributed by atoms with E-state index in [9.17, 15) is 9.18 Å². The normalized spacial score (nSPS) is 11.8. The molecule has 0 bridgehead atoms. The van der Waals surface area contributed by atoms with Crippen molar-refractivity contribution >= 4 is 17.2 Å². The van der Waals surface area contributed by atoms with Crippen molar-refractivity contribution in [1.29, 1.82) is 0 Å². The van der Waals surface area contributed by atoms with Crippen molar-refractivity contribution in [2.24, 2.45) is 4.99 Å². The highest BCUT2D eigenvalue weighted by atomic mass is 19.1. The molecule has 4 heteroatoms. The first-order chi connectivity index (χ1) is 14.5. The SMILES string of the molecule is CC.CC(=O)COc1cccc(C2=Nc3ccc(-c4ccc(C)cc4F)cc3C2)c1. The lowest BCUT2D eigenvalue weighted by Crippen LogP contribution is -2.07. The molecule has 0 radical (unpaired) electrons. The molecule has 0 amide bonds. The van der Waals surface area contributed by atoms with Gasteiger partial charge in [-0.3, -0.25) is 9.79 Å². The van der Waals surface area contributed by atoms with Crippen LogP contribution in [0.15, 0.2) is 65.7 Å². The second kappa shape index (κ2) is 9.49. The Hall–Kier alpha value is -3.27. The Bertz CT molecular complexity index is 1100. The van der Waals surface area contributed by atoms with E-state index in [1.807, 2.05) is 75.4 Å². The fourth-order valence-electron chi connectivity index (χ4n) is 3.34. The topological polar surface area (TPSA) is 38.7 Å². The number of carbonyl (C=O) groups excluding carboxylic acids is 1. The number of aliphatic imine (C=N–C) groups is 1. The van der Waals surface area contributed by atoms with Gasteiger partial charge >= 0.3 is 0 Å². The zero-order chi connectivity index (χ0) is 21.7. The van der Waals surface area contributed by atoms with Gasteiger partial charge in [-0.25, -0.2) is 4.39 Å². The van der Waals surface area contributed by atoms with Crippen molar-refractivity contribution in [2.45, 2.75) is 34.1 Å². The third-order valence-corrected chi connectivity index (χ3v) is 4.74. The summed E-state index contributed by atoms with van der Waals surface area (Å²) in [6, 6.07) is 18.7. The highest BCUT2D eigenvalue weighted by Crippen LogP contribution is 2.34. The average Bonchev–Trinajstić information content (AvgIpc) is 3.17. The Morgan fingerprint density at radius 3 is 2.57 bits per heavy atom. The first-order valence-corrected chi connectivity index (χ1v) is 10.2. The molecule has 0 aromatic heterocycles. The van der Waals surface area contributed by atoms with Gasteiger partial charge in [-0.15, -0.1) is 0 Å². The summed E-state index contributed by atoms with van der Waals surface area (Å²) in [5.41, 5.74) is 6.22. The maximum absolute atomic E-state index is 14.3. The maximum Gasteiger partial charge on any atom is 0.167 e. The molecule has 154 valence electrons. The Kier molecular flexibility index (Phi) is 6.78. The third kappa shape index (κ3) is 4.82. The van der Waals surface area contributed by atoms with Crippen molar-refractivity contribution in [3.63, 3.8) is 0 Å². The molecule has 0 atom stereocenters. The van der Waals surface area contributed by atoms with Crippen LogP contribution in [0.2, 0.25) is 0 Å². The van der Waals surface area contributed by atoms with E-state index in [1.54, 1.807) is 6.07 Å². The number of rotatable bonds is 5. The van der Waals surface area contributed by atoms with Crippen LogP contribution < -0.4 is 4.74 Å². The smallest absolute Gasteiger partial charge is 0.167 e. The van der Waals surface area contributed by atoms with E-state index in [0.717, 1.165) is 33.7 Å². The number of ether oxygens (including phenoxy) is 1. The van der Waals surface area contributed by atoms with Crippen LogP contribution in [0.25, 0.3) is 11.1 Å². The number of ketones is 1. The second-order valence-corrected chi connectivity index (χ2v) is 7.08. The van der Waals surface area contributed by atoms with E-state index in [0.29, 0.717) is 17.7 Å². The van der Waals surface area contributed by atoms with Gasteiger partial charge in [0.2, 0.25) is 0 Å². The van der Waals surface area contributed by atoms with Gasteiger partial charge in [0.15, 0.2) is 5.78 Å². The van der Waals surface area contributed by atoms with Crippen LogP contribution in [0.4, 0.5) is 10.1 Å². The first kappa shape index (κ1) is 21.4. The molecule has 3 aromatic rings. The number of nitrogens with zero attached hydrogens (tertiary/aromatic N) is 1. The lowest BCUT2D eigenvalue weighted by atomic mass is 9.98. The molecule has 1 heterocycles. The van der Waals surface area contributed by atoms with Gasteiger partial charge in [0.05, 0.1) is 11.4 Å². The highest BCUT2D eigenvalue weighted by molar-refractivity contribution is 6.07. The van der Waals surface area contributed by atoms with Crippen molar-refractivity contribution in [3.05, 3.63) is 83.2 Å². The van der Waals surface area contributed by atoms with Crippen LogP contribution in [0.5, 0.6) is 5.75 Å². The summed E-state index contributed by atoms with van der Waals surface area (Å²) in [5.74, 6) is 0.412. The van der Waals surface area contributed by atoms with Gasteiger partial charge < -0.3 is 4.74 Å². The van der Waals surface area contributed by atoms with Crippen molar-refractivity contribution in [1.82, 2.24) is 0 Å². The molecular formula is C26H26FNO2. The highest BCUT2D eigenvalue weighted by Gasteiger charge is 2.18. The fraction of sp³-hybridized carbons (Fsp3) is 0.231. The largest absolute Gasteiger partial charge is 0.486 e. The number of hydrogen-bond donors (Lipinski definition) is 0. The molecule has 0 N–H and O–H groups in total. The fourth-order valence-corrected chi connectivity index (χ4v) is 3.34. The molecule has 0 aliphatic carbocycles. The summed E-state index contributed by atoms with van der Waals surface area (Å²) in [6.45, 7) is 7.43. The first-order valence-electron chi connectivity index (χ1n) is 10.2. The predicted octanol–water partition coefficient (Wildman–Crippen LogP) is 6.47. The molecule has 0 saturated heterocycles. The molecule has 0 saturated carbocycles. The van der Waals surface area contributed by atoms with E-state index in [4.69, 9.17) is 9.73 Å². The zero-order valence-electron chi connectivity index (χ0n) is 17.8. The number of hydrogen-bond acceptors (Lipinski definition) is 3. The molecule has 3 aromatic carbocycles. The van der Waals surface area contributed by atoms with Crippen molar-refractivity contribution in [2.75, 3.05) is 6.61 Å². The Labute approximate surface area is 177 Å². The van der Waals surface area contributed by atoms with Gasteiger partial charge in [0, 0.05) is 12.0 Å². The van der Waals surface area contributed by atoms with Crippen molar-refractivity contribution in [3.8, 4) is 16.9 Å². The van der Waals surface area contributed by atoms with Crippen LogP contribution >= 0.6 is 0 Å². The van der Waals surface area contributed by atoms with Gasteiger partial charge in [-0.1, -0.05) is 44.2 Å². The van der Waals surface area contributed by atoms with Gasteiger partial charge in [0.25, 0.3) is 0 Å². The number of benzene rings is 3. The summed E-state index contributed by atoms with van der Waals surface area (Å²) in [5, 5.41) is 0. The average molecular weight is 403 g/mol. The third-order valence-electron chi connectivity index (χ3n) is 4.74. The standard InChI is InChI=1S/C24H20FNO2.C2H6/c1-15-6-8-21(22(25)10-15)17-7-9-23-19(11-17)13-24(26-23)18-4-3-5-20(12-18)28-14-16(2)27;1-2/h3-12H,13-14H2,1-2H3;1-2H3. The van der Waals surface area contributed by atoms with Crippen LogP contribution in [0.1, 0.15) is 37.5 Å². The molecular weight excluding hydrogens is 377 g/mol. The quantitative estimate of drug-likeness (QED) is 0.489. The maximum atomic E-state index is 14.3. The zero-order valence-corrected chi connectivity index (χ0v) is 17.8. The molecule has 1 aliphatic heterocycles. The monoisotopic (exact) mass is 403 g/mol.